The third-order valence-electron chi connectivity index (χ3n) is 5.49. The van der Waals surface area contributed by atoms with Gasteiger partial charge in [0.05, 0.1) is 0 Å². The van der Waals surface area contributed by atoms with Crippen molar-refractivity contribution in [3.63, 3.8) is 0 Å². The molecule has 6 heteroatoms. The first-order valence-corrected chi connectivity index (χ1v) is 11.7. The quantitative estimate of drug-likeness (QED) is 0.399. The van der Waals surface area contributed by atoms with E-state index in [2.05, 4.69) is 16.0 Å². The molecule has 0 bridgehead atoms. The van der Waals surface area contributed by atoms with Gasteiger partial charge in [-0.2, -0.15) is 0 Å². The minimum absolute atomic E-state index is 0.0532. The number of fused-ring (bicyclic) bond motifs is 1. The number of hydrogen-bond donors (Lipinski definition) is 3. The largest absolute Gasteiger partial charge is 0.338 e. The van der Waals surface area contributed by atoms with Gasteiger partial charge >= 0.3 is 6.03 Å². The Morgan fingerprint density at radius 1 is 0.824 bits per heavy atom. The molecule has 0 aliphatic rings. The van der Waals surface area contributed by atoms with Gasteiger partial charge in [-0.1, -0.05) is 64.1 Å². The van der Waals surface area contributed by atoms with E-state index in [4.69, 9.17) is 0 Å². The van der Waals surface area contributed by atoms with Crippen molar-refractivity contribution < 1.29 is 14.4 Å². The SMILES string of the molecule is CCCNC(=O)NCCc1cc(C(=O)c2ccccc2)cc2ccc(NC(=O)C(C)(C)C)cc12. The van der Waals surface area contributed by atoms with Crippen molar-refractivity contribution in [2.45, 2.75) is 40.5 Å². The molecular formula is C28H33N3O3. The van der Waals surface area contributed by atoms with Crippen LogP contribution in [-0.4, -0.2) is 30.8 Å². The Morgan fingerprint density at radius 2 is 1.53 bits per heavy atom. The molecule has 0 atom stereocenters. The molecule has 0 radical (unpaired) electrons. The van der Waals surface area contributed by atoms with Gasteiger partial charge in [-0.3, -0.25) is 9.59 Å². The summed E-state index contributed by atoms with van der Waals surface area (Å²) in [4.78, 5) is 37.6. The molecule has 0 heterocycles. The number of carbonyl (C=O) groups excluding carboxylic acids is 3. The highest BCUT2D eigenvalue weighted by atomic mass is 16.2. The van der Waals surface area contributed by atoms with Gasteiger partial charge in [-0.25, -0.2) is 4.79 Å². The number of amides is 3. The number of rotatable bonds is 8. The first-order valence-electron chi connectivity index (χ1n) is 11.7. The molecule has 0 aromatic heterocycles. The maximum atomic E-state index is 13.1. The topological polar surface area (TPSA) is 87.3 Å². The van der Waals surface area contributed by atoms with Crippen LogP contribution in [-0.2, 0) is 11.2 Å². The summed E-state index contributed by atoms with van der Waals surface area (Å²) in [5, 5.41) is 10.5. The third kappa shape index (κ3) is 6.44. The number of ketones is 1. The molecule has 3 N–H and O–H groups in total. The lowest BCUT2D eigenvalue weighted by Gasteiger charge is -2.18. The maximum absolute atomic E-state index is 13.1. The second kappa shape index (κ2) is 11.0. The summed E-state index contributed by atoms with van der Waals surface area (Å²) >= 11 is 0. The molecule has 3 rings (SSSR count). The van der Waals surface area contributed by atoms with Crippen molar-refractivity contribution >= 4 is 34.2 Å². The van der Waals surface area contributed by atoms with Gasteiger partial charge in [0, 0.05) is 35.3 Å². The summed E-state index contributed by atoms with van der Waals surface area (Å²) in [7, 11) is 0. The molecule has 3 aromatic carbocycles. The zero-order chi connectivity index (χ0) is 24.7. The Balaban J connectivity index is 1.94. The van der Waals surface area contributed by atoms with Gasteiger partial charge < -0.3 is 16.0 Å². The van der Waals surface area contributed by atoms with Crippen LogP contribution in [0.1, 0.15) is 55.6 Å². The number of urea groups is 1. The van der Waals surface area contributed by atoms with Gasteiger partial charge in [0.2, 0.25) is 5.91 Å². The van der Waals surface area contributed by atoms with Crippen LogP contribution in [0, 0.1) is 5.41 Å². The smallest absolute Gasteiger partial charge is 0.314 e. The van der Waals surface area contributed by atoms with Crippen molar-refractivity contribution in [1.82, 2.24) is 10.6 Å². The average molecular weight is 460 g/mol. The summed E-state index contributed by atoms with van der Waals surface area (Å²) in [6.45, 7) is 8.64. The molecule has 3 aromatic rings. The standard InChI is InChI=1S/C28H33N3O3/c1-5-14-29-27(34)30-15-13-21-17-22(25(32)19-9-7-6-8-10-19)16-20-11-12-23(18-24(20)21)31-26(33)28(2,3)4/h6-12,16-18H,5,13-15H2,1-4H3,(H,31,33)(H2,29,30,34). The van der Waals surface area contributed by atoms with Crippen LogP contribution >= 0.6 is 0 Å². The lowest BCUT2D eigenvalue weighted by molar-refractivity contribution is -0.123. The van der Waals surface area contributed by atoms with E-state index in [0.29, 0.717) is 36.3 Å². The number of benzene rings is 3. The maximum Gasteiger partial charge on any atom is 0.314 e. The molecule has 34 heavy (non-hydrogen) atoms. The van der Waals surface area contributed by atoms with E-state index in [1.807, 2.05) is 76.2 Å². The highest BCUT2D eigenvalue weighted by Crippen LogP contribution is 2.27. The molecule has 0 aliphatic carbocycles. The van der Waals surface area contributed by atoms with Crippen LogP contribution in [0.25, 0.3) is 10.8 Å². The Hall–Kier alpha value is -3.67. The van der Waals surface area contributed by atoms with Gasteiger partial charge in [-0.15, -0.1) is 0 Å². The zero-order valence-corrected chi connectivity index (χ0v) is 20.3. The molecule has 0 aliphatic heterocycles. The number of carbonyl (C=O) groups is 3. The van der Waals surface area contributed by atoms with E-state index in [1.165, 1.54) is 0 Å². The molecule has 6 nitrogen and oxygen atoms in total. The van der Waals surface area contributed by atoms with Crippen molar-refractivity contribution in [2.75, 3.05) is 18.4 Å². The minimum Gasteiger partial charge on any atom is -0.338 e. The predicted molar refractivity (Wildman–Crippen MR) is 137 cm³/mol. The summed E-state index contributed by atoms with van der Waals surface area (Å²) in [5.41, 5.74) is 2.33. The summed E-state index contributed by atoms with van der Waals surface area (Å²) in [5.74, 6) is -0.124. The molecule has 3 amide bonds. The predicted octanol–water partition coefficient (Wildman–Crippen LogP) is 5.31. The van der Waals surface area contributed by atoms with E-state index in [1.54, 1.807) is 12.1 Å². The molecule has 0 saturated heterocycles. The van der Waals surface area contributed by atoms with Gasteiger partial charge in [0.1, 0.15) is 0 Å². The fourth-order valence-corrected chi connectivity index (χ4v) is 3.54. The van der Waals surface area contributed by atoms with E-state index in [9.17, 15) is 14.4 Å². The second-order valence-electron chi connectivity index (χ2n) is 9.40. The highest BCUT2D eigenvalue weighted by molar-refractivity contribution is 6.11. The van der Waals surface area contributed by atoms with Crippen LogP contribution < -0.4 is 16.0 Å². The Kier molecular flexibility index (Phi) is 8.05. The van der Waals surface area contributed by atoms with Crippen molar-refractivity contribution in [3.8, 4) is 0 Å². The zero-order valence-electron chi connectivity index (χ0n) is 20.3. The van der Waals surface area contributed by atoms with Gasteiger partial charge in [-0.05, 0) is 53.4 Å². The molecule has 0 unspecified atom stereocenters. The van der Waals surface area contributed by atoms with E-state index < -0.39 is 5.41 Å². The monoisotopic (exact) mass is 459 g/mol. The molecule has 0 fully saturated rings. The van der Waals surface area contributed by atoms with E-state index in [-0.39, 0.29) is 17.7 Å². The first-order chi connectivity index (χ1) is 16.2. The van der Waals surface area contributed by atoms with Crippen LogP contribution in [0.3, 0.4) is 0 Å². The van der Waals surface area contributed by atoms with Crippen LogP contribution in [0.2, 0.25) is 0 Å². The Morgan fingerprint density at radius 3 is 2.21 bits per heavy atom. The van der Waals surface area contributed by atoms with Crippen LogP contribution in [0.15, 0.2) is 60.7 Å². The fraction of sp³-hybridized carbons (Fsp3) is 0.321. The number of anilines is 1. The third-order valence-corrected chi connectivity index (χ3v) is 5.49. The van der Waals surface area contributed by atoms with Crippen molar-refractivity contribution in [2.24, 2.45) is 5.41 Å². The van der Waals surface area contributed by atoms with Gasteiger partial charge in [0.25, 0.3) is 0 Å². The van der Waals surface area contributed by atoms with Crippen LogP contribution in [0.5, 0.6) is 0 Å². The minimum atomic E-state index is -0.514. The van der Waals surface area contributed by atoms with E-state index >= 15 is 0 Å². The first kappa shape index (κ1) is 25.0. The summed E-state index contributed by atoms with van der Waals surface area (Å²) in [6.07, 6.45) is 1.41. The summed E-state index contributed by atoms with van der Waals surface area (Å²) in [6, 6.07) is 18.4. The molecule has 178 valence electrons. The Labute approximate surface area is 201 Å². The van der Waals surface area contributed by atoms with E-state index in [0.717, 1.165) is 22.8 Å². The van der Waals surface area contributed by atoms with Crippen LogP contribution in [0.4, 0.5) is 10.5 Å². The second-order valence-corrected chi connectivity index (χ2v) is 9.40. The van der Waals surface area contributed by atoms with Gasteiger partial charge in [0.15, 0.2) is 5.78 Å². The molecular weight excluding hydrogens is 426 g/mol. The average Bonchev–Trinajstić information content (AvgIpc) is 2.82. The number of nitrogens with one attached hydrogen (secondary N) is 3. The highest BCUT2D eigenvalue weighted by Gasteiger charge is 2.21. The number of hydrogen-bond acceptors (Lipinski definition) is 3. The molecule has 0 saturated carbocycles. The fourth-order valence-electron chi connectivity index (χ4n) is 3.54. The Bertz CT molecular complexity index is 1180. The van der Waals surface area contributed by atoms with Crippen molar-refractivity contribution in [1.29, 1.82) is 0 Å². The summed E-state index contributed by atoms with van der Waals surface area (Å²) < 4.78 is 0. The lowest BCUT2D eigenvalue weighted by atomic mass is 9.93. The van der Waals surface area contributed by atoms with Crippen molar-refractivity contribution in [3.05, 3.63) is 77.4 Å². The molecule has 0 spiro atoms. The lowest BCUT2D eigenvalue weighted by Crippen LogP contribution is -2.36. The normalized spacial score (nSPS) is 11.2.